The fourth-order valence-corrected chi connectivity index (χ4v) is 3.92. The average Bonchev–Trinajstić information content (AvgIpc) is 3.32. The van der Waals surface area contributed by atoms with Gasteiger partial charge in [0, 0.05) is 43.4 Å². The summed E-state index contributed by atoms with van der Waals surface area (Å²) in [6.45, 7) is 8.77. The minimum atomic E-state index is -0.0657. The molecule has 0 atom stereocenters. The predicted octanol–water partition coefficient (Wildman–Crippen LogP) is 2.67. The molecule has 0 bridgehead atoms. The molecular weight excluding hydrogens is 374 g/mol. The second-order valence-electron chi connectivity index (χ2n) is 7.91. The Hall–Kier alpha value is -2.35. The summed E-state index contributed by atoms with van der Waals surface area (Å²) >= 11 is 1.78. The van der Waals surface area contributed by atoms with Crippen LogP contribution in [0.2, 0.25) is 0 Å². The van der Waals surface area contributed by atoms with E-state index in [1.54, 1.807) is 24.6 Å². The maximum absolute atomic E-state index is 12.5. The number of guanidine groups is 1. The van der Waals surface area contributed by atoms with Crippen LogP contribution in [-0.2, 0) is 29.7 Å². The van der Waals surface area contributed by atoms with Gasteiger partial charge in [0.2, 0.25) is 11.8 Å². The van der Waals surface area contributed by atoms with Crippen LogP contribution in [0.5, 0.6) is 0 Å². The lowest BCUT2D eigenvalue weighted by molar-refractivity contribution is -0.131. The Kier molecular flexibility index (Phi) is 6.39. The number of hydrogen-bond acceptors (Lipinski definition) is 5. The summed E-state index contributed by atoms with van der Waals surface area (Å²) < 4.78 is 5.77. The van der Waals surface area contributed by atoms with Crippen molar-refractivity contribution in [2.24, 2.45) is 4.99 Å². The number of nitrogens with one attached hydrogen (secondary N) is 2. The lowest BCUT2D eigenvalue weighted by Crippen LogP contribution is -2.40. The normalized spacial score (nSPS) is 14.7. The third-order valence-corrected chi connectivity index (χ3v) is 5.74. The van der Waals surface area contributed by atoms with Gasteiger partial charge in [0.25, 0.3) is 0 Å². The molecule has 0 aliphatic carbocycles. The first-order valence-corrected chi connectivity index (χ1v) is 10.5. The van der Waals surface area contributed by atoms with Crippen LogP contribution >= 0.6 is 11.3 Å². The van der Waals surface area contributed by atoms with Gasteiger partial charge in [0.15, 0.2) is 5.96 Å². The van der Waals surface area contributed by atoms with E-state index in [1.807, 2.05) is 4.90 Å². The molecule has 0 fully saturated rings. The minimum absolute atomic E-state index is 0.0657. The minimum Gasteiger partial charge on any atom is -0.443 e. The van der Waals surface area contributed by atoms with Crippen molar-refractivity contribution in [1.82, 2.24) is 20.5 Å². The van der Waals surface area contributed by atoms with Gasteiger partial charge < -0.3 is 20.0 Å². The van der Waals surface area contributed by atoms with E-state index in [1.165, 1.54) is 10.4 Å². The van der Waals surface area contributed by atoms with Crippen LogP contribution < -0.4 is 10.6 Å². The molecule has 7 nitrogen and oxygen atoms in total. The topological polar surface area (TPSA) is 82.8 Å². The Morgan fingerprint density at radius 1 is 1.39 bits per heavy atom. The Morgan fingerprint density at radius 2 is 2.21 bits per heavy atom. The Labute approximate surface area is 170 Å². The molecule has 0 saturated heterocycles. The number of hydrogen-bond donors (Lipinski definition) is 2. The molecule has 0 aromatic carbocycles. The molecule has 8 heteroatoms. The van der Waals surface area contributed by atoms with E-state index in [4.69, 9.17) is 4.42 Å². The smallest absolute Gasteiger partial charge is 0.224 e. The Bertz CT molecular complexity index is 834. The first-order chi connectivity index (χ1) is 13.4. The number of fused-ring (bicyclic) bond motifs is 1. The fourth-order valence-electron chi connectivity index (χ4n) is 3.03. The second kappa shape index (κ2) is 8.77. The highest BCUT2D eigenvalue weighted by Crippen LogP contribution is 2.24. The van der Waals surface area contributed by atoms with E-state index >= 15 is 0 Å². The summed E-state index contributed by atoms with van der Waals surface area (Å²) in [5.41, 5.74) is 1.22. The van der Waals surface area contributed by atoms with E-state index in [-0.39, 0.29) is 11.3 Å². The third kappa shape index (κ3) is 5.13. The number of nitrogens with zero attached hydrogens (tertiary/aromatic N) is 3. The first-order valence-electron chi connectivity index (χ1n) is 9.59. The largest absolute Gasteiger partial charge is 0.443 e. The zero-order valence-corrected chi connectivity index (χ0v) is 17.9. The average molecular weight is 404 g/mol. The van der Waals surface area contributed by atoms with Crippen LogP contribution in [0.1, 0.15) is 49.3 Å². The van der Waals surface area contributed by atoms with Gasteiger partial charge in [-0.05, 0) is 23.4 Å². The number of amides is 1. The van der Waals surface area contributed by atoms with Crippen molar-refractivity contribution in [3.05, 3.63) is 39.7 Å². The highest BCUT2D eigenvalue weighted by Gasteiger charge is 2.21. The molecule has 3 heterocycles. The third-order valence-electron chi connectivity index (χ3n) is 4.72. The molecule has 1 aliphatic heterocycles. The molecule has 0 radical (unpaired) electrons. The molecule has 0 spiro atoms. The molecule has 152 valence electrons. The summed E-state index contributed by atoms with van der Waals surface area (Å²) in [5.74, 6) is 2.27. The number of thiophene rings is 1. The standard InChI is InChI=1S/C20H29N5O2S/c1-20(2,3)16-11-23-17(27-16)12-24-19(21-4)22-8-5-18(26)25-9-6-15-14(13-25)7-10-28-15/h7,10-11H,5-6,8-9,12-13H2,1-4H3,(H2,21,22,24). The van der Waals surface area contributed by atoms with Gasteiger partial charge in [-0.25, -0.2) is 4.98 Å². The monoisotopic (exact) mass is 403 g/mol. The van der Waals surface area contributed by atoms with Crippen molar-refractivity contribution >= 4 is 23.2 Å². The molecule has 2 N–H and O–H groups in total. The second-order valence-corrected chi connectivity index (χ2v) is 8.91. The van der Waals surface area contributed by atoms with Crippen molar-refractivity contribution < 1.29 is 9.21 Å². The Balaban J connectivity index is 1.41. The van der Waals surface area contributed by atoms with Crippen LogP contribution in [0.15, 0.2) is 27.1 Å². The SMILES string of the molecule is CN=C(NCCC(=O)N1CCc2sccc2C1)NCc1ncc(C(C)(C)C)o1. The van der Waals surface area contributed by atoms with Gasteiger partial charge in [-0.1, -0.05) is 20.8 Å². The number of rotatable bonds is 5. The van der Waals surface area contributed by atoms with Gasteiger partial charge in [0.1, 0.15) is 5.76 Å². The van der Waals surface area contributed by atoms with Crippen LogP contribution in [0.3, 0.4) is 0 Å². The van der Waals surface area contributed by atoms with Crippen molar-refractivity contribution in [3.8, 4) is 0 Å². The molecule has 2 aromatic rings. The molecular formula is C20H29N5O2S. The highest BCUT2D eigenvalue weighted by atomic mass is 32.1. The zero-order chi connectivity index (χ0) is 20.1. The van der Waals surface area contributed by atoms with Gasteiger partial charge >= 0.3 is 0 Å². The summed E-state index contributed by atoms with van der Waals surface area (Å²) in [5, 5.41) is 8.46. The number of aliphatic imine (C=N–C) groups is 1. The van der Waals surface area contributed by atoms with Crippen LogP contribution in [0, 0.1) is 0 Å². The summed E-state index contributed by atoms with van der Waals surface area (Å²) in [4.78, 5) is 24.3. The molecule has 3 rings (SSSR count). The van der Waals surface area contributed by atoms with Gasteiger partial charge in [-0.2, -0.15) is 0 Å². The van der Waals surface area contributed by atoms with Crippen molar-refractivity contribution in [3.63, 3.8) is 0 Å². The molecule has 1 aliphatic rings. The highest BCUT2D eigenvalue weighted by molar-refractivity contribution is 7.10. The van der Waals surface area contributed by atoms with E-state index in [2.05, 4.69) is 52.8 Å². The molecule has 0 saturated carbocycles. The number of carbonyl (C=O) groups is 1. The van der Waals surface area contributed by atoms with Crippen LogP contribution in [0.25, 0.3) is 0 Å². The molecule has 0 unspecified atom stereocenters. The quantitative estimate of drug-likeness (QED) is 0.592. The van der Waals surface area contributed by atoms with Crippen LogP contribution in [0.4, 0.5) is 0 Å². The van der Waals surface area contributed by atoms with E-state index < -0.39 is 0 Å². The molecule has 1 amide bonds. The lowest BCUT2D eigenvalue weighted by Gasteiger charge is -2.27. The van der Waals surface area contributed by atoms with E-state index in [0.29, 0.717) is 31.4 Å². The summed E-state index contributed by atoms with van der Waals surface area (Å²) in [6, 6.07) is 2.12. The summed E-state index contributed by atoms with van der Waals surface area (Å²) in [6.07, 6.45) is 3.17. The number of oxazole rings is 1. The number of carbonyl (C=O) groups excluding carboxylic acids is 1. The maximum atomic E-state index is 12.5. The zero-order valence-electron chi connectivity index (χ0n) is 17.0. The van der Waals surface area contributed by atoms with E-state index in [0.717, 1.165) is 25.3 Å². The first kappa shape index (κ1) is 20.4. The van der Waals surface area contributed by atoms with Crippen molar-refractivity contribution in [2.75, 3.05) is 20.1 Å². The van der Waals surface area contributed by atoms with Crippen molar-refractivity contribution in [2.45, 2.75) is 52.1 Å². The lowest BCUT2D eigenvalue weighted by atomic mass is 9.94. The van der Waals surface area contributed by atoms with Crippen LogP contribution in [-0.4, -0.2) is 41.9 Å². The molecule has 28 heavy (non-hydrogen) atoms. The molecule has 2 aromatic heterocycles. The van der Waals surface area contributed by atoms with Gasteiger partial charge in [-0.3, -0.25) is 9.79 Å². The van der Waals surface area contributed by atoms with Gasteiger partial charge in [-0.15, -0.1) is 11.3 Å². The fraction of sp³-hybridized carbons (Fsp3) is 0.550. The van der Waals surface area contributed by atoms with Crippen molar-refractivity contribution in [1.29, 1.82) is 0 Å². The Morgan fingerprint density at radius 3 is 2.93 bits per heavy atom. The predicted molar refractivity (Wildman–Crippen MR) is 111 cm³/mol. The maximum Gasteiger partial charge on any atom is 0.224 e. The van der Waals surface area contributed by atoms with Gasteiger partial charge in [0.05, 0.1) is 12.7 Å². The van der Waals surface area contributed by atoms with E-state index in [9.17, 15) is 4.79 Å². The summed E-state index contributed by atoms with van der Waals surface area (Å²) in [7, 11) is 1.70. The number of aromatic nitrogens is 1.